The Morgan fingerprint density at radius 2 is 1.68 bits per heavy atom. The van der Waals surface area contributed by atoms with Gasteiger partial charge in [-0.05, 0) is 50.1 Å². The van der Waals surface area contributed by atoms with Crippen LogP contribution in [0.15, 0.2) is 38.3 Å². The summed E-state index contributed by atoms with van der Waals surface area (Å²) in [7, 11) is 2.97. The number of nitrogens with one attached hydrogen (secondary N) is 1. The summed E-state index contributed by atoms with van der Waals surface area (Å²) in [4.78, 5) is 12.2. The summed E-state index contributed by atoms with van der Waals surface area (Å²) in [6.07, 6.45) is 1.25. The van der Waals surface area contributed by atoms with Crippen LogP contribution in [-0.2, 0) is 0 Å². The van der Waals surface area contributed by atoms with Crippen LogP contribution in [-0.4, -0.2) is 36.6 Å². The monoisotopic (exact) mass is 472 g/mol. The Bertz CT molecular complexity index is 818. The summed E-state index contributed by atoms with van der Waals surface area (Å²) in [6.45, 7) is 0. The minimum absolute atomic E-state index is 0.118. The van der Waals surface area contributed by atoms with Gasteiger partial charge in [-0.25, -0.2) is 5.43 Å². The maximum absolute atomic E-state index is 12.2. The third-order valence-electron chi connectivity index (χ3n) is 3.18. The number of ether oxygens (including phenoxy) is 2. The lowest BCUT2D eigenvalue weighted by Crippen LogP contribution is -2.17. The van der Waals surface area contributed by atoms with Gasteiger partial charge in [0.1, 0.15) is 27.5 Å². The van der Waals surface area contributed by atoms with E-state index in [4.69, 9.17) is 9.47 Å². The number of phenolic OH excluding ortho intramolecular Hbond substituents is 2. The Labute approximate surface area is 160 Å². The molecule has 132 valence electrons. The first-order valence-electron chi connectivity index (χ1n) is 6.83. The van der Waals surface area contributed by atoms with Gasteiger partial charge in [0.25, 0.3) is 5.91 Å². The van der Waals surface area contributed by atoms with E-state index in [1.807, 2.05) is 0 Å². The summed E-state index contributed by atoms with van der Waals surface area (Å²) in [5, 5.41) is 23.5. The molecular formula is C16H14Br2N2O5. The summed E-state index contributed by atoms with van der Waals surface area (Å²) in [5.41, 5.74) is 2.93. The number of halogens is 2. The van der Waals surface area contributed by atoms with Crippen molar-refractivity contribution in [1.29, 1.82) is 0 Å². The fraction of sp³-hybridized carbons (Fsp3) is 0.125. The van der Waals surface area contributed by atoms with Crippen molar-refractivity contribution >= 4 is 44.0 Å². The average Bonchev–Trinajstić information content (AvgIpc) is 2.63. The van der Waals surface area contributed by atoms with Gasteiger partial charge in [0, 0.05) is 17.2 Å². The molecular weight excluding hydrogens is 460 g/mol. The number of benzene rings is 2. The van der Waals surface area contributed by atoms with Crippen LogP contribution in [0.5, 0.6) is 23.0 Å². The molecule has 0 radical (unpaired) electrons. The zero-order valence-electron chi connectivity index (χ0n) is 13.2. The zero-order chi connectivity index (χ0) is 18.6. The quantitative estimate of drug-likeness (QED) is 0.456. The molecule has 0 saturated carbocycles. The Hall–Kier alpha value is -2.26. The van der Waals surface area contributed by atoms with Crippen LogP contribution in [0.3, 0.4) is 0 Å². The molecule has 0 aromatic heterocycles. The summed E-state index contributed by atoms with van der Waals surface area (Å²) in [6, 6.07) is 6.18. The maximum atomic E-state index is 12.2. The number of aromatic hydroxyl groups is 2. The van der Waals surface area contributed by atoms with Crippen molar-refractivity contribution in [3.8, 4) is 23.0 Å². The van der Waals surface area contributed by atoms with Crippen molar-refractivity contribution in [2.24, 2.45) is 5.10 Å². The van der Waals surface area contributed by atoms with Crippen LogP contribution < -0.4 is 14.9 Å². The first-order valence-corrected chi connectivity index (χ1v) is 8.42. The lowest BCUT2D eigenvalue weighted by molar-refractivity contribution is 0.0954. The molecule has 0 aliphatic carbocycles. The van der Waals surface area contributed by atoms with E-state index >= 15 is 0 Å². The fourth-order valence-electron chi connectivity index (χ4n) is 1.88. The summed E-state index contributed by atoms with van der Waals surface area (Å²) < 4.78 is 10.7. The molecule has 3 N–H and O–H groups in total. The van der Waals surface area contributed by atoms with Gasteiger partial charge in [0.05, 0.1) is 24.9 Å². The van der Waals surface area contributed by atoms with Crippen molar-refractivity contribution in [2.45, 2.75) is 0 Å². The number of carbonyl (C=O) groups excluding carboxylic acids is 1. The lowest BCUT2D eigenvalue weighted by Gasteiger charge is -2.08. The number of nitrogens with zero attached hydrogens (tertiary/aromatic N) is 1. The van der Waals surface area contributed by atoms with E-state index < -0.39 is 5.91 Å². The number of amides is 1. The van der Waals surface area contributed by atoms with E-state index in [-0.39, 0.29) is 16.0 Å². The highest BCUT2D eigenvalue weighted by molar-refractivity contribution is 9.11. The van der Waals surface area contributed by atoms with Crippen LogP contribution in [0.25, 0.3) is 0 Å². The van der Waals surface area contributed by atoms with Crippen LogP contribution in [0.4, 0.5) is 0 Å². The molecule has 0 unspecified atom stereocenters. The minimum atomic E-state index is -0.482. The van der Waals surface area contributed by atoms with Gasteiger partial charge in [-0.3, -0.25) is 4.79 Å². The predicted molar refractivity (Wildman–Crippen MR) is 99.8 cm³/mol. The van der Waals surface area contributed by atoms with E-state index in [1.54, 1.807) is 18.2 Å². The summed E-state index contributed by atoms with van der Waals surface area (Å²) >= 11 is 6.22. The number of carbonyl (C=O) groups is 1. The topological polar surface area (TPSA) is 100 Å². The Morgan fingerprint density at radius 3 is 2.24 bits per heavy atom. The molecule has 2 rings (SSSR count). The fourth-order valence-corrected chi connectivity index (χ4v) is 3.03. The highest BCUT2D eigenvalue weighted by atomic mass is 79.9. The largest absolute Gasteiger partial charge is 0.506 e. The molecule has 0 fully saturated rings. The highest BCUT2D eigenvalue weighted by Crippen LogP contribution is 2.40. The van der Waals surface area contributed by atoms with Gasteiger partial charge in [0.15, 0.2) is 0 Å². The van der Waals surface area contributed by atoms with Crippen LogP contribution in [0, 0.1) is 0 Å². The van der Waals surface area contributed by atoms with Crippen molar-refractivity contribution in [3.63, 3.8) is 0 Å². The smallest absolute Gasteiger partial charge is 0.271 e. The third-order valence-corrected chi connectivity index (χ3v) is 4.54. The molecule has 1 amide bonds. The van der Waals surface area contributed by atoms with Crippen molar-refractivity contribution in [3.05, 3.63) is 44.3 Å². The second-order valence-corrected chi connectivity index (χ2v) is 6.41. The molecule has 2 aromatic carbocycles. The molecule has 0 aliphatic rings. The molecule has 0 heterocycles. The van der Waals surface area contributed by atoms with Crippen molar-refractivity contribution in [1.82, 2.24) is 5.43 Å². The maximum Gasteiger partial charge on any atom is 0.271 e. The number of rotatable bonds is 5. The van der Waals surface area contributed by atoms with Crippen LogP contribution in [0.2, 0.25) is 0 Å². The lowest BCUT2D eigenvalue weighted by atomic mass is 10.2. The van der Waals surface area contributed by atoms with Gasteiger partial charge in [-0.1, -0.05) is 0 Å². The van der Waals surface area contributed by atoms with Gasteiger partial charge in [0.2, 0.25) is 0 Å². The SMILES string of the molecule is COc1cc(OC)cc(C(=O)N/N=C/c2cc(Br)c(O)c(Br)c2O)c1. The van der Waals surface area contributed by atoms with Gasteiger partial charge in [-0.2, -0.15) is 5.10 Å². The molecule has 0 atom stereocenters. The Morgan fingerprint density at radius 1 is 1.08 bits per heavy atom. The molecule has 25 heavy (non-hydrogen) atoms. The van der Waals surface area contributed by atoms with Crippen LogP contribution in [0.1, 0.15) is 15.9 Å². The summed E-state index contributed by atoms with van der Waals surface area (Å²) in [5.74, 6) is 0.115. The normalized spacial score (nSPS) is 10.7. The third kappa shape index (κ3) is 4.43. The molecule has 0 bridgehead atoms. The zero-order valence-corrected chi connectivity index (χ0v) is 16.4. The number of hydrogen-bond donors (Lipinski definition) is 3. The van der Waals surface area contributed by atoms with E-state index in [9.17, 15) is 15.0 Å². The molecule has 7 nitrogen and oxygen atoms in total. The Balaban J connectivity index is 2.19. The van der Waals surface area contributed by atoms with Crippen LogP contribution >= 0.6 is 31.9 Å². The van der Waals surface area contributed by atoms with E-state index in [0.29, 0.717) is 27.1 Å². The Kier molecular flexibility index (Phi) is 6.27. The number of hydrazone groups is 1. The molecule has 0 aliphatic heterocycles. The first kappa shape index (κ1) is 19.1. The van der Waals surface area contributed by atoms with Gasteiger partial charge < -0.3 is 19.7 Å². The van der Waals surface area contributed by atoms with Crippen molar-refractivity contribution in [2.75, 3.05) is 14.2 Å². The predicted octanol–water partition coefficient (Wildman–Crippen LogP) is 3.40. The molecule has 0 spiro atoms. The molecule has 2 aromatic rings. The number of hydrogen-bond acceptors (Lipinski definition) is 6. The van der Waals surface area contributed by atoms with Gasteiger partial charge >= 0.3 is 0 Å². The van der Waals surface area contributed by atoms with Crippen molar-refractivity contribution < 1.29 is 24.5 Å². The average molecular weight is 474 g/mol. The number of methoxy groups -OCH3 is 2. The molecule has 0 saturated heterocycles. The molecule has 9 heteroatoms. The van der Waals surface area contributed by atoms with E-state index in [0.717, 1.165) is 0 Å². The second-order valence-electron chi connectivity index (χ2n) is 4.76. The second kappa shape index (κ2) is 8.21. The standard InChI is InChI=1S/C16H14Br2N2O5/c1-24-10-3-8(4-11(6-10)25-2)16(23)20-19-7-9-5-12(17)15(22)13(18)14(9)21/h3-7,21-22H,1-2H3,(H,20,23)/b19-7+. The highest BCUT2D eigenvalue weighted by Gasteiger charge is 2.13. The van der Waals surface area contributed by atoms with E-state index in [1.165, 1.54) is 26.5 Å². The number of phenols is 2. The van der Waals surface area contributed by atoms with Gasteiger partial charge in [-0.15, -0.1) is 0 Å². The minimum Gasteiger partial charge on any atom is -0.506 e. The first-order chi connectivity index (χ1) is 11.9. The van der Waals surface area contributed by atoms with E-state index in [2.05, 4.69) is 42.4 Å².